The third kappa shape index (κ3) is 4.30. The fraction of sp³-hybridized carbons (Fsp3) is 0.667. The Morgan fingerprint density at radius 2 is 2.33 bits per heavy atom. The number of hydrogen-bond donors (Lipinski definition) is 2. The van der Waals surface area contributed by atoms with Crippen molar-refractivity contribution in [2.75, 3.05) is 0 Å². The monoisotopic (exact) mass is 185 g/mol. The van der Waals surface area contributed by atoms with Crippen LogP contribution in [0.3, 0.4) is 0 Å². The molecule has 0 saturated heterocycles. The Hall–Kier alpha value is -0.620. The normalized spacial score (nSPS) is 14.5. The van der Waals surface area contributed by atoms with Crippen LogP contribution in [0.25, 0.3) is 0 Å². The predicted molar refractivity (Wildman–Crippen MR) is 54.1 cm³/mol. The van der Waals surface area contributed by atoms with E-state index >= 15 is 0 Å². The molecular formula is C9H15NOS. The van der Waals surface area contributed by atoms with E-state index in [2.05, 4.69) is 23.9 Å². The summed E-state index contributed by atoms with van der Waals surface area (Å²) < 4.78 is 0. The van der Waals surface area contributed by atoms with Crippen LogP contribution in [0.2, 0.25) is 0 Å². The van der Waals surface area contributed by atoms with Gasteiger partial charge in [-0.2, -0.15) is 12.6 Å². The summed E-state index contributed by atoms with van der Waals surface area (Å²) >= 11 is 4.01. The van der Waals surface area contributed by atoms with Crippen molar-refractivity contribution in [1.82, 2.24) is 5.32 Å². The first-order chi connectivity index (χ1) is 5.61. The summed E-state index contributed by atoms with van der Waals surface area (Å²) in [5.74, 6) is 2.47. The van der Waals surface area contributed by atoms with Gasteiger partial charge in [0.15, 0.2) is 0 Å². The number of thiol groups is 1. The summed E-state index contributed by atoms with van der Waals surface area (Å²) in [5, 5.41) is 2.54. The number of rotatable bonds is 4. The van der Waals surface area contributed by atoms with Crippen LogP contribution in [0, 0.1) is 12.3 Å². The molecule has 2 atom stereocenters. The molecule has 1 amide bonds. The lowest BCUT2D eigenvalue weighted by atomic mass is 10.1. The van der Waals surface area contributed by atoms with E-state index in [0.29, 0.717) is 6.42 Å². The maximum absolute atomic E-state index is 11.1. The van der Waals surface area contributed by atoms with E-state index in [1.807, 2.05) is 6.92 Å². The van der Waals surface area contributed by atoms with Gasteiger partial charge in [-0.05, 0) is 13.3 Å². The zero-order valence-electron chi connectivity index (χ0n) is 7.50. The molecule has 0 saturated carbocycles. The van der Waals surface area contributed by atoms with E-state index < -0.39 is 0 Å². The van der Waals surface area contributed by atoms with Crippen LogP contribution < -0.4 is 5.32 Å². The molecule has 0 heterocycles. The standard InChI is InChI=1S/C9H15NOS/c1-4-6-8(5-2)10-9(11)7(3)12/h1,7-8,12H,5-6H2,2-3H3,(H,10,11). The Kier molecular flexibility index (Phi) is 5.65. The molecule has 0 fully saturated rings. The minimum atomic E-state index is -0.267. The van der Waals surface area contributed by atoms with Gasteiger partial charge in [0.1, 0.15) is 0 Å². The molecule has 0 aliphatic carbocycles. The SMILES string of the molecule is C#CCC(CC)NC(=O)C(C)S. The van der Waals surface area contributed by atoms with Gasteiger partial charge in [-0.3, -0.25) is 4.79 Å². The summed E-state index contributed by atoms with van der Waals surface area (Å²) in [4.78, 5) is 11.1. The molecule has 1 N–H and O–H groups in total. The quantitative estimate of drug-likeness (QED) is 0.500. The molecule has 0 spiro atoms. The average Bonchev–Trinajstić information content (AvgIpc) is 2.03. The third-order valence-corrected chi connectivity index (χ3v) is 1.82. The number of nitrogens with one attached hydrogen (secondary N) is 1. The van der Waals surface area contributed by atoms with Crippen LogP contribution in [0.15, 0.2) is 0 Å². The first kappa shape index (κ1) is 11.4. The predicted octanol–water partition coefficient (Wildman–Crippen LogP) is 1.22. The van der Waals surface area contributed by atoms with Gasteiger partial charge in [0.25, 0.3) is 0 Å². The Labute approximate surface area is 79.5 Å². The maximum Gasteiger partial charge on any atom is 0.232 e. The number of hydrogen-bond acceptors (Lipinski definition) is 2. The summed E-state index contributed by atoms with van der Waals surface area (Å²) in [5.41, 5.74) is 0. The molecule has 0 aliphatic rings. The van der Waals surface area contributed by atoms with E-state index in [9.17, 15) is 4.79 Å². The zero-order chi connectivity index (χ0) is 9.56. The van der Waals surface area contributed by atoms with Gasteiger partial charge in [-0.25, -0.2) is 0 Å². The van der Waals surface area contributed by atoms with E-state index in [4.69, 9.17) is 6.42 Å². The van der Waals surface area contributed by atoms with Gasteiger partial charge in [-0.1, -0.05) is 6.92 Å². The van der Waals surface area contributed by atoms with E-state index in [-0.39, 0.29) is 17.2 Å². The lowest BCUT2D eigenvalue weighted by Gasteiger charge is -2.15. The molecule has 12 heavy (non-hydrogen) atoms. The highest BCUT2D eigenvalue weighted by Gasteiger charge is 2.12. The van der Waals surface area contributed by atoms with Crippen molar-refractivity contribution in [3.8, 4) is 12.3 Å². The Morgan fingerprint density at radius 3 is 2.67 bits per heavy atom. The molecule has 0 aromatic carbocycles. The largest absolute Gasteiger partial charge is 0.351 e. The summed E-state index contributed by atoms with van der Waals surface area (Å²) in [6, 6.07) is 0.0945. The van der Waals surface area contributed by atoms with Crippen LogP contribution >= 0.6 is 12.6 Å². The van der Waals surface area contributed by atoms with Crippen LogP contribution in [-0.2, 0) is 4.79 Å². The second-order valence-corrected chi connectivity index (χ2v) is 3.47. The molecule has 0 aromatic heterocycles. The first-order valence-electron chi connectivity index (χ1n) is 4.03. The number of carbonyl (C=O) groups is 1. The second-order valence-electron chi connectivity index (χ2n) is 2.70. The maximum atomic E-state index is 11.1. The zero-order valence-corrected chi connectivity index (χ0v) is 8.40. The van der Waals surface area contributed by atoms with Gasteiger partial charge in [0, 0.05) is 12.5 Å². The lowest BCUT2D eigenvalue weighted by molar-refractivity contribution is -0.120. The van der Waals surface area contributed by atoms with Crippen molar-refractivity contribution in [3.05, 3.63) is 0 Å². The van der Waals surface area contributed by atoms with Gasteiger partial charge in [0.2, 0.25) is 5.91 Å². The minimum absolute atomic E-state index is 0.0552. The van der Waals surface area contributed by atoms with Crippen molar-refractivity contribution in [2.24, 2.45) is 0 Å². The van der Waals surface area contributed by atoms with Crippen molar-refractivity contribution < 1.29 is 4.79 Å². The van der Waals surface area contributed by atoms with Crippen molar-refractivity contribution >= 4 is 18.5 Å². The van der Waals surface area contributed by atoms with Crippen LogP contribution in [0.1, 0.15) is 26.7 Å². The fourth-order valence-corrected chi connectivity index (χ4v) is 0.836. The summed E-state index contributed by atoms with van der Waals surface area (Å²) in [6.07, 6.45) is 6.58. The lowest BCUT2D eigenvalue weighted by Crippen LogP contribution is -2.38. The van der Waals surface area contributed by atoms with Crippen molar-refractivity contribution in [2.45, 2.75) is 38.0 Å². The Morgan fingerprint density at radius 1 is 1.75 bits per heavy atom. The molecule has 0 rings (SSSR count). The highest BCUT2D eigenvalue weighted by atomic mass is 32.1. The summed E-state index contributed by atoms with van der Waals surface area (Å²) in [7, 11) is 0. The molecular weight excluding hydrogens is 170 g/mol. The topological polar surface area (TPSA) is 29.1 Å². The number of terminal acetylenes is 1. The van der Waals surface area contributed by atoms with Gasteiger partial charge in [0.05, 0.1) is 5.25 Å². The third-order valence-electron chi connectivity index (χ3n) is 1.58. The van der Waals surface area contributed by atoms with Gasteiger partial charge in [-0.15, -0.1) is 12.3 Å². The van der Waals surface area contributed by atoms with Gasteiger partial charge >= 0.3 is 0 Å². The molecule has 2 nitrogen and oxygen atoms in total. The first-order valence-corrected chi connectivity index (χ1v) is 4.55. The highest BCUT2D eigenvalue weighted by Crippen LogP contribution is 1.99. The smallest absolute Gasteiger partial charge is 0.232 e. The molecule has 68 valence electrons. The van der Waals surface area contributed by atoms with Crippen LogP contribution in [0.4, 0.5) is 0 Å². The number of carbonyl (C=O) groups excluding carboxylic acids is 1. The molecule has 0 radical (unpaired) electrons. The molecule has 3 heteroatoms. The molecule has 2 unspecified atom stereocenters. The van der Waals surface area contributed by atoms with Crippen LogP contribution in [0.5, 0.6) is 0 Å². The Balaban J connectivity index is 3.87. The Bertz CT molecular complexity index is 183. The molecule has 0 aliphatic heterocycles. The average molecular weight is 185 g/mol. The van der Waals surface area contributed by atoms with Crippen molar-refractivity contribution in [1.29, 1.82) is 0 Å². The number of amides is 1. The van der Waals surface area contributed by atoms with E-state index in [0.717, 1.165) is 6.42 Å². The highest BCUT2D eigenvalue weighted by molar-refractivity contribution is 7.81. The summed E-state index contributed by atoms with van der Waals surface area (Å²) in [6.45, 7) is 3.73. The van der Waals surface area contributed by atoms with E-state index in [1.54, 1.807) is 6.92 Å². The van der Waals surface area contributed by atoms with Crippen LogP contribution in [-0.4, -0.2) is 17.2 Å². The second kappa shape index (κ2) is 5.96. The molecule has 0 aromatic rings. The fourth-order valence-electron chi connectivity index (χ4n) is 0.761. The van der Waals surface area contributed by atoms with E-state index in [1.165, 1.54) is 0 Å². The van der Waals surface area contributed by atoms with Gasteiger partial charge < -0.3 is 5.32 Å². The molecule has 0 bridgehead atoms. The minimum Gasteiger partial charge on any atom is -0.351 e. The van der Waals surface area contributed by atoms with Crippen molar-refractivity contribution in [3.63, 3.8) is 0 Å².